The minimum absolute atomic E-state index is 0.594. The maximum atomic E-state index is 4.74. The highest BCUT2D eigenvalue weighted by Gasteiger charge is 2.28. The predicted octanol–water partition coefficient (Wildman–Crippen LogP) is 2.55. The van der Waals surface area contributed by atoms with E-state index in [0.717, 1.165) is 36.0 Å². The highest BCUT2D eigenvalue weighted by molar-refractivity contribution is 5.58. The van der Waals surface area contributed by atoms with E-state index in [1.165, 1.54) is 12.8 Å². The van der Waals surface area contributed by atoms with Crippen molar-refractivity contribution >= 4 is 11.6 Å². The molecule has 0 amide bonds. The number of nitrogens with one attached hydrogen (secondary N) is 1. The lowest BCUT2D eigenvalue weighted by Crippen LogP contribution is -2.21. The highest BCUT2D eigenvalue weighted by Crippen LogP contribution is 2.39. The van der Waals surface area contributed by atoms with Crippen LogP contribution in [0.3, 0.4) is 0 Å². The molecule has 0 unspecified atom stereocenters. The molecule has 1 N–H and O–H groups in total. The van der Waals surface area contributed by atoms with Gasteiger partial charge < -0.3 is 10.2 Å². The molecule has 1 heterocycles. The number of hydrogen-bond acceptors (Lipinski definition) is 4. The topological polar surface area (TPSA) is 41.1 Å². The molecule has 0 spiro atoms. The van der Waals surface area contributed by atoms with E-state index in [2.05, 4.69) is 36.1 Å². The number of nitrogens with zero attached hydrogens (tertiary/aromatic N) is 3. The van der Waals surface area contributed by atoms with Gasteiger partial charge in [0.15, 0.2) is 0 Å². The van der Waals surface area contributed by atoms with Crippen molar-refractivity contribution in [3.05, 3.63) is 11.4 Å². The molecule has 1 aromatic heterocycles. The fourth-order valence-corrected chi connectivity index (χ4v) is 2.10. The Balaban J connectivity index is 2.37. The Labute approximate surface area is 103 Å². The molecular formula is C13H22N4. The fraction of sp³-hybridized carbons (Fsp3) is 0.692. The second-order valence-electron chi connectivity index (χ2n) is 4.82. The second kappa shape index (κ2) is 4.90. The van der Waals surface area contributed by atoms with Gasteiger partial charge in [0.1, 0.15) is 17.5 Å². The van der Waals surface area contributed by atoms with Crippen LogP contribution in [-0.2, 0) is 0 Å². The summed E-state index contributed by atoms with van der Waals surface area (Å²) < 4.78 is 0. The van der Waals surface area contributed by atoms with Gasteiger partial charge in [0.25, 0.3) is 0 Å². The van der Waals surface area contributed by atoms with Gasteiger partial charge in [-0.2, -0.15) is 0 Å². The summed E-state index contributed by atoms with van der Waals surface area (Å²) in [5.74, 6) is 3.65. The third kappa shape index (κ3) is 2.51. The van der Waals surface area contributed by atoms with E-state index in [1.807, 2.05) is 7.05 Å². The molecule has 1 fully saturated rings. The van der Waals surface area contributed by atoms with Gasteiger partial charge in [-0.3, -0.25) is 0 Å². The lowest BCUT2D eigenvalue weighted by molar-refractivity contribution is 0.813. The molecule has 0 bridgehead atoms. The minimum atomic E-state index is 0.594. The summed E-state index contributed by atoms with van der Waals surface area (Å²) >= 11 is 0. The van der Waals surface area contributed by atoms with Crippen LogP contribution in [0.15, 0.2) is 0 Å². The summed E-state index contributed by atoms with van der Waals surface area (Å²) in [5.41, 5.74) is 1.15. The number of rotatable bonds is 5. The quantitative estimate of drug-likeness (QED) is 0.850. The minimum Gasteiger partial charge on any atom is -0.373 e. The normalized spacial score (nSPS) is 14.8. The van der Waals surface area contributed by atoms with Crippen LogP contribution in [0.25, 0.3) is 0 Å². The summed E-state index contributed by atoms with van der Waals surface area (Å²) in [6, 6.07) is 0. The van der Waals surface area contributed by atoms with Crippen molar-refractivity contribution in [1.29, 1.82) is 0 Å². The Hall–Kier alpha value is -1.32. The molecule has 4 nitrogen and oxygen atoms in total. The van der Waals surface area contributed by atoms with Gasteiger partial charge in [0.2, 0.25) is 0 Å². The number of anilines is 2. The van der Waals surface area contributed by atoms with Gasteiger partial charge in [0, 0.05) is 32.1 Å². The third-order valence-electron chi connectivity index (χ3n) is 3.24. The largest absolute Gasteiger partial charge is 0.373 e. The van der Waals surface area contributed by atoms with Gasteiger partial charge in [-0.15, -0.1) is 0 Å². The standard InChI is InChI=1S/C13H22N4/c1-5-8-17(4)13-9(2)11(14-3)15-12(16-13)10-6-7-10/h10H,5-8H2,1-4H3,(H,14,15,16). The average molecular weight is 234 g/mol. The van der Waals surface area contributed by atoms with Gasteiger partial charge in [0.05, 0.1) is 0 Å². The molecule has 4 heteroatoms. The molecule has 17 heavy (non-hydrogen) atoms. The van der Waals surface area contributed by atoms with Crippen LogP contribution < -0.4 is 10.2 Å². The van der Waals surface area contributed by atoms with Crippen molar-refractivity contribution in [2.24, 2.45) is 0 Å². The molecule has 1 aliphatic rings. The van der Waals surface area contributed by atoms with Crippen LogP contribution in [0, 0.1) is 6.92 Å². The number of hydrogen-bond donors (Lipinski definition) is 1. The molecule has 0 aromatic carbocycles. The molecule has 0 aliphatic heterocycles. The second-order valence-corrected chi connectivity index (χ2v) is 4.82. The van der Waals surface area contributed by atoms with E-state index in [4.69, 9.17) is 4.98 Å². The molecule has 0 radical (unpaired) electrons. The van der Waals surface area contributed by atoms with Crippen molar-refractivity contribution < 1.29 is 0 Å². The Kier molecular flexibility index (Phi) is 3.50. The van der Waals surface area contributed by atoms with E-state index in [-0.39, 0.29) is 0 Å². The van der Waals surface area contributed by atoms with Crippen molar-refractivity contribution in [3.63, 3.8) is 0 Å². The molecule has 1 aliphatic carbocycles. The highest BCUT2D eigenvalue weighted by atomic mass is 15.2. The summed E-state index contributed by atoms with van der Waals surface area (Å²) in [4.78, 5) is 11.6. The molecule has 2 rings (SSSR count). The van der Waals surface area contributed by atoms with Crippen molar-refractivity contribution in [3.8, 4) is 0 Å². The van der Waals surface area contributed by atoms with E-state index in [0.29, 0.717) is 5.92 Å². The maximum Gasteiger partial charge on any atom is 0.137 e. The van der Waals surface area contributed by atoms with Gasteiger partial charge >= 0.3 is 0 Å². The molecule has 0 saturated heterocycles. The smallest absolute Gasteiger partial charge is 0.137 e. The first-order valence-corrected chi connectivity index (χ1v) is 6.44. The Morgan fingerprint density at radius 2 is 2.06 bits per heavy atom. The molecule has 94 valence electrons. The molecular weight excluding hydrogens is 212 g/mol. The van der Waals surface area contributed by atoms with Crippen LogP contribution in [0.2, 0.25) is 0 Å². The van der Waals surface area contributed by atoms with Crippen LogP contribution in [-0.4, -0.2) is 30.6 Å². The predicted molar refractivity (Wildman–Crippen MR) is 71.9 cm³/mol. The third-order valence-corrected chi connectivity index (χ3v) is 3.24. The van der Waals surface area contributed by atoms with Gasteiger partial charge in [-0.1, -0.05) is 6.92 Å². The lowest BCUT2D eigenvalue weighted by Gasteiger charge is -2.21. The van der Waals surface area contributed by atoms with E-state index < -0.39 is 0 Å². The Morgan fingerprint density at radius 3 is 2.59 bits per heavy atom. The van der Waals surface area contributed by atoms with Crippen molar-refractivity contribution in [2.75, 3.05) is 30.9 Å². The fourth-order valence-electron chi connectivity index (χ4n) is 2.10. The zero-order valence-corrected chi connectivity index (χ0v) is 11.2. The van der Waals surface area contributed by atoms with Crippen LogP contribution in [0.1, 0.15) is 43.5 Å². The first-order valence-electron chi connectivity index (χ1n) is 6.44. The summed E-state index contributed by atoms with van der Waals surface area (Å²) in [5, 5.41) is 3.18. The molecule has 1 aromatic rings. The van der Waals surface area contributed by atoms with Gasteiger partial charge in [-0.05, 0) is 26.2 Å². The Bertz CT molecular complexity index is 399. The monoisotopic (exact) mass is 234 g/mol. The van der Waals surface area contributed by atoms with Gasteiger partial charge in [-0.25, -0.2) is 9.97 Å². The first kappa shape index (κ1) is 12.1. The van der Waals surface area contributed by atoms with Crippen molar-refractivity contribution in [2.45, 2.75) is 39.0 Å². The number of aromatic nitrogens is 2. The van der Waals surface area contributed by atoms with Crippen LogP contribution in [0.4, 0.5) is 11.6 Å². The zero-order valence-electron chi connectivity index (χ0n) is 11.2. The summed E-state index contributed by atoms with van der Waals surface area (Å²) in [6.45, 7) is 5.31. The molecule has 1 saturated carbocycles. The van der Waals surface area contributed by atoms with E-state index in [9.17, 15) is 0 Å². The average Bonchev–Trinajstić information content (AvgIpc) is 3.13. The Morgan fingerprint density at radius 1 is 1.35 bits per heavy atom. The van der Waals surface area contributed by atoms with E-state index >= 15 is 0 Å². The van der Waals surface area contributed by atoms with Crippen LogP contribution in [0.5, 0.6) is 0 Å². The first-order chi connectivity index (χ1) is 8.17. The SMILES string of the molecule is CCCN(C)c1nc(C2CC2)nc(NC)c1C. The van der Waals surface area contributed by atoms with Crippen LogP contribution >= 0.6 is 0 Å². The zero-order chi connectivity index (χ0) is 12.4. The summed E-state index contributed by atoms with van der Waals surface area (Å²) in [7, 11) is 4.03. The lowest BCUT2D eigenvalue weighted by atomic mass is 10.2. The maximum absolute atomic E-state index is 4.74. The van der Waals surface area contributed by atoms with E-state index in [1.54, 1.807) is 0 Å². The summed E-state index contributed by atoms with van der Waals surface area (Å²) in [6.07, 6.45) is 3.61. The molecule has 0 atom stereocenters. The van der Waals surface area contributed by atoms with Crippen molar-refractivity contribution in [1.82, 2.24) is 9.97 Å².